The predicted octanol–water partition coefficient (Wildman–Crippen LogP) is 2.56. The summed E-state index contributed by atoms with van der Waals surface area (Å²) < 4.78 is 4.68. The molecular weight excluding hydrogens is 236 g/mol. The van der Waals surface area contributed by atoms with Crippen LogP contribution in [0.2, 0.25) is 0 Å². The molecular formula is C12H18N2O2S. The number of hydrogen-bond donors (Lipinski definition) is 0. The Kier molecular flexibility index (Phi) is 3.38. The summed E-state index contributed by atoms with van der Waals surface area (Å²) in [6.45, 7) is 6.63. The maximum Gasteiger partial charge on any atom is 0.349 e. The first kappa shape index (κ1) is 12.4. The smallest absolute Gasteiger partial charge is 0.349 e. The van der Waals surface area contributed by atoms with E-state index in [0.29, 0.717) is 10.3 Å². The molecule has 1 aliphatic heterocycles. The van der Waals surface area contributed by atoms with Gasteiger partial charge in [-0.25, -0.2) is 9.78 Å². The maximum atomic E-state index is 11.3. The van der Waals surface area contributed by atoms with Crippen molar-refractivity contribution in [3.8, 4) is 0 Å². The highest BCUT2D eigenvalue weighted by molar-refractivity contribution is 7.17. The van der Waals surface area contributed by atoms with Crippen molar-refractivity contribution in [2.24, 2.45) is 5.41 Å². The molecule has 0 unspecified atom stereocenters. The molecule has 94 valence electrons. The summed E-state index contributed by atoms with van der Waals surface area (Å²) in [6.07, 6.45) is 3.94. The van der Waals surface area contributed by atoms with E-state index in [1.807, 2.05) is 0 Å². The number of esters is 1. The van der Waals surface area contributed by atoms with Crippen molar-refractivity contribution in [2.75, 3.05) is 25.1 Å². The molecule has 0 aromatic carbocycles. The molecule has 1 fully saturated rings. The Labute approximate surface area is 106 Å². The second-order valence-corrected chi connectivity index (χ2v) is 6.16. The van der Waals surface area contributed by atoms with E-state index >= 15 is 0 Å². The minimum Gasteiger partial charge on any atom is -0.465 e. The van der Waals surface area contributed by atoms with Gasteiger partial charge >= 0.3 is 5.97 Å². The molecule has 4 nitrogen and oxygen atoms in total. The number of hydrogen-bond acceptors (Lipinski definition) is 5. The molecule has 1 aromatic heterocycles. The number of carbonyl (C=O) groups is 1. The van der Waals surface area contributed by atoms with Gasteiger partial charge in [-0.15, -0.1) is 0 Å². The number of anilines is 1. The molecule has 0 bridgehead atoms. The van der Waals surface area contributed by atoms with Gasteiger partial charge in [-0.3, -0.25) is 0 Å². The maximum absolute atomic E-state index is 11.3. The summed E-state index contributed by atoms with van der Waals surface area (Å²) in [4.78, 5) is 18.5. The van der Waals surface area contributed by atoms with Crippen molar-refractivity contribution >= 4 is 22.4 Å². The first-order valence-corrected chi connectivity index (χ1v) is 6.62. The summed E-state index contributed by atoms with van der Waals surface area (Å²) >= 11 is 1.41. The fraction of sp³-hybridized carbons (Fsp3) is 0.667. The highest BCUT2D eigenvalue weighted by Gasteiger charge is 2.27. The van der Waals surface area contributed by atoms with Crippen molar-refractivity contribution in [1.82, 2.24) is 4.98 Å². The van der Waals surface area contributed by atoms with Crippen molar-refractivity contribution in [1.29, 1.82) is 0 Å². The van der Waals surface area contributed by atoms with Crippen molar-refractivity contribution < 1.29 is 9.53 Å². The third-order valence-electron chi connectivity index (χ3n) is 3.27. The minimum atomic E-state index is -0.300. The van der Waals surface area contributed by atoms with Crippen LogP contribution in [0.3, 0.4) is 0 Å². The quantitative estimate of drug-likeness (QED) is 0.761. The number of rotatable bonds is 2. The molecule has 2 heterocycles. The van der Waals surface area contributed by atoms with E-state index < -0.39 is 0 Å². The Balaban J connectivity index is 2.04. The lowest BCUT2D eigenvalue weighted by Gasteiger charge is -2.36. The molecule has 0 saturated carbocycles. The topological polar surface area (TPSA) is 42.4 Å². The molecule has 5 heteroatoms. The van der Waals surface area contributed by atoms with Crippen LogP contribution in [-0.2, 0) is 4.74 Å². The minimum absolute atomic E-state index is 0.300. The van der Waals surface area contributed by atoms with Gasteiger partial charge in [0.1, 0.15) is 4.88 Å². The van der Waals surface area contributed by atoms with Gasteiger partial charge in [-0.1, -0.05) is 25.2 Å². The standard InChI is InChI=1S/C12H18N2O2S/c1-12(2)4-6-14(7-5-12)11-13-8-9(17-11)10(15)16-3/h8H,4-7H2,1-3H3. The van der Waals surface area contributed by atoms with Crippen molar-refractivity contribution in [2.45, 2.75) is 26.7 Å². The fourth-order valence-corrected chi connectivity index (χ4v) is 2.80. The number of nitrogens with zero attached hydrogens (tertiary/aromatic N) is 2. The predicted molar refractivity (Wildman–Crippen MR) is 68.7 cm³/mol. The van der Waals surface area contributed by atoms with Gasteiger partial charge in [0, 0.05) is 13.1 Å². The SMILES string of the molecule is COC(=O)c1cnc(N2CCC(C)(C)CC2)s1. The summed E-state index contributed by atoms with van der Waals surface area (Å²) in [5.74, 6) is -0.300. The molecule has 1 aromatic rings. The zero-order valence-corrected chi connectivity index (χ0v) is 11.3. The lowest BCUT2D eigenvalue weighted by molar-refractivity contribution is 0.0606. The molecule has 2 rings (SSSR count). The van der Waals surface area contributed by atoms with Gasteiger partial charge in [-0.2, -0.15) is 0 Å². The lowest BCUT2D eigenvalue weighted by atomic mass is 9.83. The van der Waals surface area contributed by atoms with Crippen molar-refractivity contribution in [3.63, 3.8) is 0 Å². The van der Waals surface area contributed by atoms with Crippen LogP contribution in [0.25, 0.3) is 0 Å². The summed E-state index contributed by atoms with van der Waals surface area (Å²) in [7, 11) is 1.39. The second-order valence-electron chi connectivity index (χ2n) is 5.15. The summed E-state index contributed by atoms with van der Waals surface area (Å²) in [6, 6.07) is 0. The van der Waals surface area contributed by atoms with Crippen LogP contribution in [-0.4, -0.2) is 31.2 Å². The van der Waals surface area contributed by atoms with Crippen LogP contribution in [0.5, 0.6) is 0 Å². The average molecular weight is 254 g/mol. The molecule has 0 spiro atoms. The highest BCUT2D eigenvalue weighted by Crippen LogP contribution is 2.33. The van der Waals surface area contributed by atoms with Gasteiger partial charge in [0.05, 0.1) is 13.3 Å². The number of thiazole rings is 1. The molecule has 1 saturated heterocycles. The highest BCUT2D eigenvalue weighted by atomic mass is 32.1. The lowest BCUT2D eigenvalue weighted by Crippen LogP contribution is -2.37. The van der Waals surface area contributed by atoms with Gasteiger partial charge in [-0.05, 0) is 18.3 Å². The third-order valence-corrected chi connectivity index (χ3v) is 4.31. The number of methoxy groups -OCH3 is 1. The Hall–Kier alpha value is -1.10. The molecule has 0 atom stereocenters. The van der Waals surface area contributed by atoms with E-state index in [-0.39, 0.29) is 5.97 Å². The molecule has 0 N–H and O–H groups in total. The number of ether oxygens (including phenoxy) is 1. The van der Waals surface area contributed by atoms with E-state index in [4.69, 9.17) is 0 Å². The van der Waals surface area contributed by atoms with Crippen LogP contribution < -0.4 is 4.90 Å². The van der Waals surface area contributed by atoms with E-state index in [2.05, 4.69) is 28.5 Å². The van der Waals surface area contributed by atoms with E-state index in [1.165, 1.54) is 31.3 Å². The molecule has 1 aliphatic rings. The molecule has 17 heavy (non-hydrogen) atoms. The van der Waals surface area contributed by atoms with E-state index in [1.54, 1.807) is 6.20 Å². The largest absolute Gasteiger partial charge is 0.465 e. The first-order chi connectivity index (χ1) is 8.02. The zero-order chi connectivity index (χ0) is 12.5. The van der Waals surface area contributed by atoms with Crippen LogP contribution in [0.4, 0.5) is 5.13 Å². The Bertz CT molecular complexity index is 404. The van der Waals surface area contributed by atoms with Crippen LogP contribution in [0.1, 0.15) is 36.4 Å². The summed E-state index contributed by atoms with van der Waals surface area (Å²) in [5, 5.41) is 0.931. The molecule has 0 aliphatic carbocycles. The number of piperidine rings is 1. The number of aromatic nitrogens is 1. The van der Waals surface area contributed by atoms with E-state index in [0.717, 1.165) is 18.2 Å². The van der Waals surface area contributed by atoms with Crippen LogP contribution in [0, 0.1) is 5.41 Å². The molecule has 0 radical (unpaired) electrons. The van der Waals surface area contributed by atoms with Gasteiger partial charge in [0.25, 0.3) is 0 Å². The Morgan fingerprint density at radius 2 is 2.12 bits per heavy atom. The van der Waals surface area contributed by atoms with Crippen LogP contribution >= 0.6 is 11.3 Å². The molecule has 0 amide bonds. The normalized spacial score (nSPS) is 19.1. The second kappa shape index (κ2) is 4.64. The van der Waals surface area contributed by atoms with Gasteiger partial charge < -0.3 is 9.64 Å². The van der Waals surface area contributed by atoms with Crippen LogP contribution in [0.15, 0.2) is 6.20 Å². The van der Waals surface area contributed by atoms with Gasteiger partial charge in [0.15, 0.2) is 5.13 Å². The average Bonchev–Trinajstić information content (AvgIpc) is 2.77. The van der Waals surface area contributed by atoms with Gasteiger partial charge in [0.2, 0.25) is 0 Å². The summed E-state index contributed by atoms with van der Waals surface area (Å²) in [5.41, 5.74) is 0.430. The Morgan fingerprint density at radius 1 is 1.47 bits per heavy atom. The Morgan fingerprint density at radius 3 is 2.71 bits per heavy atom. The van der Waals surface area contributed by atoms with Crippen molar-refractivity contribution in [3.05, 3.63) is 11.1 Å². The monoisotopic (exact) mass is 254 g/mol. The fourth-order valence-electron chi connectivity index (χ4n) is 1.91. The zero-order valence-electron chi connectivity index (χ0n) is 10.5. The number of carbonyl (C=O) groups excluding carboxylic acids is 1. The first-order valence-electron chi connectivity index (χ1n) is 5.81. The van der Waals surface area contributed by atoms with E-state index in [9.17, 15) is 4.79 Å². The third kappa shape index (κ3) is 2.77.